The van der Waals surface area contributed by atoms with Crippen LogP contribution in [-0.4, -0.2) is 35.9 Å². The summed E-state index contributed by atoms with van der Waals surface area (Å²) in [4.78, 5) is 10.4. The summed E-state index contributed by atoms with van der Waals surface area (Å²) in [7, 11) is 0. The quantitative estimate of drug-likeness (QED) is 0.593. The minimum absolute atomic E-state index is 0.186. The van der Waals surface area contributed by atoms with E-state index in [0.717, 1.165) is 25.1 Å². The van der Waals surface area contributed by atoms with Crippen molar-refractivity contribution in [1.29, 1.82) is 0 Å². The van der Waals surface area contributed by atoms with Gasteiger partial charge in [0.05, 0.1) is 30.6 Å². The predicted molar refractivity (Wildman–Crippen MR) is 58.8 cm³/mol. The second kappa shape index (κ2) is 4.74. The lowest BCUT2D eigenvalue weighted by Crippen LogP contribution is -2.37. The summed E-state index contributed by atoms with van der Waals surface area (Å²) < 4.78 is 5.66. The van der Waals surface area contributed by atoms with Crippen LogP contribution < -0.4 is 10.6 Å². The molecule has 0 aromatic heterocycles. The first-order chi connectivity index (χ1) is 7.66. The second-order valence-electron chi connectivity index (χ2n) is 4.41. The molecular formula is C11H18N2O3. The van der Waals surface area contributed by atoms with Crippen molar-refractivity contribution in [2.45, 2.75) is 43.9 Å². The third-order valence-electron chi connectivity index (χ3n) is 3.15. The van der Waals surface area contributed by atoms with Crippen LogP contribution in [0.15, 0.2) is 12.4 Å². The number of fused-ring (bicyclic) bond motifs is 1. The van der Waals surface area contributed by atoms with Crippen molar-refractivity contribution < 1.29 is 14.6 Å². The van der Waals surface area contributed by atoms with Crippen molar-refractivity contribution >= 4 is 5.97 Å². The molecular weight excluding hydrogens is 208 g/mol. The molecule has 2 rings (SSSR count). The van der Waals surface area contributed by atoms with Crippen LogP contribution in [0.4, 0.5) is 0 Å². The number of unbranched alkanes of at least 4 members (excludes halogenated alkanes) is 1. The van der Waals surface area contributed by atoms with Crippen LogP contribution in [0.25, 0.3) is 0 Å². The molecule has 3 N–H and O–H groups in total. The predicted octanol–water partition coefficient (Wildman–Crippen LogP) is 0.431. The van der Waals surface area contributed by atoms with E-state index >= 15 is 0 Å². The highest BCUT2D eigenvalue weighted by Gasteiger charge is 2.40. The van der Waals surface area contributed by atoms with Crippen LogP contribution in [0, 0.1) is 0 Å². The number of rotatable bonds is 5. The molecule has 0 saturated carbocycles. The van der Waals surface area contributed by atoms with E-state index in [9.17, 15) is 4.79 Å². The van der Waals surface area contributed by atoms with Gasteiger partial charge in [-0.3, -0.25) is 4.79 Å². The minimum Gasteiger partial charge on any atom is -0.481 e. The Labute approximate surface area is 94.9 Å². The first-order valence-electron chi connectivity index (χ1n) is 5.72. The molecule has 3 unspecified atom stereocenters. The summed E-state index contributed by atoms with van der Waals surface area (Å²) in [6.07, 6.45) is 2.97. The Hall–Kier alpha value is -1.23. The number of carboxylic acid groups (broad SMARTS) is 1. The Kier molecular flexibility index (Phi) is 3.33. The number of carbonyl (C=O) groups is 1. The summed E-state index contributed by atoms with van der Waals surface area (Å²) in [6.45, 7) is 4.54. The van der Waals surface area contributed by atoms with Crippen LogP contribution in [0.2, 0.25) is 0 Å². The molecule has 5 nitrogen and oxygen atoms in total. The van der Waals surface area contributed by atoms with Crippen molar-refractivity contribution in [2.75, 3.05) is 6.61 Å². The van der Waals surface area contributed by atoms with E-state index in [-0.39, 0.29) is 12.5 Å². The lowest BCUT2D eigenvalue weighted by Gasteiger charge is -2.16. The zero-order chi connectivity index (χ0) is 11.5. The molecule has 0 bridgehead atoms. The zero-order valence-corrected chi connectivity index (χ0v) is 9.24. The van der Waals surface area contributed by atoms with E-state index in [4.69, 9.17) is 9.84 Å². The molecule has 0 amide bonds. The van der Waals surface area contributed by atoms with Crippen LogP contribution >= 0.6 is 0 Å². The van der Waals surface area contributed by atoms with Crippen molar-refractivity contribution in [3.05, 3.63) is 12.4 Å². The molecule has 2 saturated heterocycles. The summed E-state index contributed by atoms with van der Waals surface area (Å²) in [6, 6.07) is 0.634. The fraction of sp³-hybridized carbons (Fsp3) is 0.727. The average Bonchev–Trinajstić information content (AvgIpc) is 2.72. The third-order valence-corrected chi connectivity index (χ3v) is 3.15. The van der Waals surface area contributed by atoms with Crippen molar-refractivity contribution in [3.63, 3.8) is 0 Å². The Morgan fingerprint density at radius 3 is 3.06 bits per heavy atom. The second-order valence-corrected chi connectivity index (χ2v) is 4.41. The summed E-state index contributed by atoms with van der Waals surface area (Å²) in [5.41, 5.74) is 0. The molecule has 0 aromatic carbocycles. The standard InChI is InChI=1S/C11H18N2O3/c1-7-12-8-6-16-9(11(8)13-7)4-2-3-5-10(14)15/h8-9,11-13H,1-6H2,(H,14,15). The Morgan fingerprint density at radius 1 is 1.50 bits per heavy atom. The van der Waals surface area contributed by atoms with Crippen molar-refractivity contribution in [2.24, 2.45) is 0 Å². The van der Waals surface area contributed by atoms with E-state index in [2.05, 4.69) is 17.2 Å². The third kappa shape index (κ3) is 2.47. The van der Waals surface area contributed by atoms with Crippen LogP contribution in [0.5, 0.6) is 0 Å². The van der Waals surface area contributed by atoms with Gasteiger partial charge in [0.15, 0.2) is 0 Å². The van der Waals surface area contributed by atoms with Crippen LogP contribution in [0.1, 0.15) is 25.7 Å². The van der Waals surface area contributed by atoms with Gasteiger partial charge in [0, 0.05) is 6.42 Å². The topological polar surface area (TPSA) is 70.6 Å². The lowest BCUT2D eigenvalue weighted by atomic mass is 10.0. The zero-order valence-electron chi connectivity index (χ0n) is 9.24. The molecule has 2 aliphatic rings. The molecule has 2 fully saturated rings. The molecule has 3 atom stereocenters. The van der Waals surface area contributed by atoms with Crippen molar-refractivity contribution in [3.8, 4) is 0 Å². The first-order valence-corrected chi connectivity index (χ1v) is 5.72. The van der Waals surface area contributed by atoms with Gasteiger partial charge in [-0.2, -0.15) is 0 Å². The number of hydrogen-bond donors (Lipinski definition) is 3. The van der Waals surface area contributed by atoms with E-state index in [1.54, 1.807) is 0 Å². The molecule has 0 aliphatic carbocycles. The number of hydrogen-bond acceptors (Lipinski definition) is 4. The van der Waals surface area contributed by atoms with Crippen molar-refractivity contribution in [1.82, 2.24) is 10.6 Å². The summed E-state index contributed by atoms with van der Waals surface area (Å²) >= 11 is 0. The number of carboxylic acids is 1. The molecule has 5 heteroatoms. The fourth-order valence-corrected chi connectivity index (χ4v) is 2.37. The SMILES string of the molecule is C=C1NC2COC(CCCCC(=O)O)C2N1. The Morgan fingerprint density at radius 2 is 2.31 bits per heavy atom. The molecule has 0 radical (unpaired) electrons. The molecule has 2 aliphatic heterocycles. The highest BCUT2D eigenvalue weighted by Crippen LogP contribution is 2.24. The van der Waals surface area contributed by atoms with Gasteiger partial charge in [0.2, 0.25) is 0 Å². The van der Waals surface area contributed by atoms with Gasteiger partial charge in [-0.1, -0.05) is 13.0 Å². The highest BCUT2D eigenvalue weighted by atomic mass is 16.5. The van der Waals surface area contributed by atoms with E-state index < -0.39 is 5.97 Å². The Balaban J connectivity index is 1.70. The lowest BCUT2D eigenvalue weighted by molar-refractivity contribution is -0.137. The van der Waals surface area contributed by atoms with Gasteiger partial charge in [-0.05, 0) is 12.8 Å². The van der Waals surface area contributed by atoms with E-state index in [1.807, 2.05) is 0 Å². The molecule has 0 spiro atoms. The minimum atomic E-state index is -0.723. The average molecular weight is 226 g/mol. The van der Waals surface area contributed by atoms with Gasteiger partial charge in [-0.15, -0.1) is 0 Å². The van der Waals surface area contributed by atoms with Crippen LogP contribution in [0.3, 0.4) is 0 Å². The van der Waals surface area contributed by atoms with Gasteiger partial charge in [0.25, 0.3) is 0 Å². The number of aliphatic carboxylic acids is 1. The maximum absolute atomic E-state index is 10.4. The molecule has 0 aromatic rings. The Bertz CT molecular complexity index is 293. The van der Waals surface area contributed by atoms with Gasteiger partial charge < -0.3 is 20.5 Å². The van der Waals surface area contributed by atoms with Gasteiger partial charge in [-0.25, -0.2) is 0 Å². The smallest absolute Gasteiger partial charge is 0.303 e. The molecule has 2 heterocycles. The van der Waals surface area contributed by atoms with Gasteiger partial charge in [0.1, 0.15) is 0 Å². The molecule has 16 heavy (non-hydrogen) atoms. The van der Waals surface area contributed by atoms with E-state index in [1.165, 1.54) is 0 Å². The number of nitrogens with one attached hydrogen (secondary N) is 2. The van der Waals surface area contributed by atoms with Gasteiger partial charge >= 0.3 is 5.97 Å². The fourth-order valence-electron chi connectivity index (χ4n) is 2.37. The normalized spacial score (nSPS) is 32.0. The first kappa shape index (κ1) is 11.3. The maximum atomic E-state index is 10.4. The monoisotopic (exact) mass is 226 g/mol. The number of ether oxygens (including phenoxy) is 1. The molecule has 90 valence electrons. The van der Waals surface area contributed by atoms with E-state index in [0.29, 0.717) is 18.7 Å². The van der Waals surface area contributed by atoms with Crippen LogP contribution in [-0.2, 0) is 9.53 Å². The highest BCUT2D eigenvalue weighted by molar-refractivity contribution is 5.66. The summed E-state index contributed by atoms with van der Waals surface area (Å²) in [5.74, 6) is 0.146. The maximum Gasteiger partial charge on any atom is 0.303 e. The summed E-state index contributed by atoms with van der Waals surface area (Å²) in [5, 5.41) is 15.0. The largest absolute Gasteiger partial charge is 0.481 e.